The van der Waals surface area contributed by atoms with E-state index in [0.717, 1.165) is 5.92 Å². The summed E-state index contributed by atoms with van der Waals surface area (Å²) in [5, 5.41) is 3.91. The van der Waals surface area contributed by atoms with E-state index in [1.165, 1.54) is 90.4 Å². The Bertz CT molecular complexity index is 252. The predicted molar refractivity (Wildman–Crippen MR) is 76.8 cm³/mol. The summed E-state index contributed by atoms with van der Waals surface area (Å²) in [6.45, 7) is 5.32. The Hall–Kier alpha value is -0.0800. The van der Waals surface area contributed by atoms with E-state index < -0.39 is 0 Å². The molecule has 0 aromatic rings. The lowest BCUT2D eigenvalue weighted by Crippen LogP contribution is -2.53. The van der Waals surface area contributed by atoms with Crippen molar-refractivity contribution in [3.8, 4) is 0 Å². The summed E-state index contributed by atoms with van der Waals surface area (Å²) in [6, 6.07) is 0. The second-order valence-electron chi connectivity index (χ2n) is 7.01. The van der Waals surface area contributed by atoms with Gasteiger partial charge in [0.05, 0.1) is 0 Å². The summed E-state index contributed by atoms with van der Waals surface area (Å²) in [6.07, 6.45) is 14.5. The molecular formula is C16H30N2. The van der Waals surface area contributed by atoms with Gasteiger partial charge < -0.3 is 10.2 Å². The largest absolute Gasteiger partial charge is 0.310 e. The zero-order valence-electron chi connectivity index (χ0n) is 11.9. The van der Waals surface area contributed by atoms with E-state index in [0.29, 0.717) is 5.54 Å². The first-order chi connectivity index (χ1) is 8.86. The van der Waals surface area contributed by atoms with Crippen molar-refractivity contribution in [2.24, 2.45) is 5.92 Å². The molecule has 1 aliphatic heterocycles. The lowest BCUT2D eigenvalue weighted by molar-refractivity contribution is 0.149. The molecule has 0 bridgehead atoms. The van der Waals surface area contributed by atoms with Crippen molar-refractivity contribution in [3.63, 3.8) is 0 Å². The molecule has 3 rings (SSSR count). The van der Waals surface area contributed by atoms with Crippen molar-refractivity contribution < 1.29 is 0 Å². The Morgan fingerprint density at radius 3 is 2.50 bits per heavy atom. The summed E-state index contributed by atoms with van der Waals surface area (Å²) in [5.74, 6) is 1.02. The van der Waals surface area contributed by atoms with E-state index in [9.17, 15) is 0 Å². The molecule has 0 unspecified atom stereocenters. The molecule has 104 valence electrons. The monoisotopic (exact) mass is 250 g/mol. The summed E-state index contributed by atoms with van der Waals surface area (Å²) in [4.78, 5) is 2.81. The molecule has 2 aliphatic carbocycles. The van der Waals surface area contributed by atoms with Crippen molar-refractivity contribution in [2.45, 2.75) is 69.7 Å². The van der Waals surface area contributed by atoms with Crippen LogP contribution >= 0.6 is 0 Å². The number of nitrogens with zero attached hydrogens (tertiary/aromatic N) is 1. The Morgan fingerprint density at radius 2 is 1.72 bits per heavy atom. The third kappa shape index (κ3) is 3.08. The summed E-state index contributed by atoms with van der Waals surface area (Å²) >= 11 is 0. The Balaban J connectivity index is 1.59. The van der Waals surface area contributed by atoms with Gasteiger partial charge in [0, 0.05) is 18.6 Å². The second kappa shape index (κ2) is 5.92. The van der Waals surface area contributed by atoms with E-state index in [-0.39, 0.29) is 0 Å². The molecule has 1 N–H and O–H groups in total. The van der Waals surface area contributed by atoms with E-state index in [4.69, 9.17) is 0 Å². The summed E-state index contributed by atoms with van der Waals surface area (Å²) in [5.41, 5.74) is 0.493. The van der Waals surface area contributed by atoms with Crippen LogP contribution in [0.25, 0.3) is 0 Å². The number of rotatable bonds is 2. The third-order valence-electron chi connectivity index (χ3n) is 5.48. The van der Waals surface area contributed by atoms with Crippen LogP contribution in [0, 0.1) is 5.92 Å². The van der Waals surface area contributed by atoms with Gasteiger partial charge in [0.2, 0.25) is 0 Å². The molecule has 0 aromatic carbocycles. The lowest BCUT2D eigenvalue weighted by atomic mass is 9.81. The van der Waals surface area contributed by atoms with Crippen molar-refractivity contribution in [1.82, 2.24) is 10.2 Å². The van der Waals surface area contributed by atoms with E-state index in [2.05, 4.69) is 10.2 Å². The highest BCUT2D eigenvalue weighted by Crippen LogP contribution is 2.32. The first kappa shape index (κ1) is 12.9. The Morgan fingerprint density at radius 1 is 0.944 bits per heavy atom. The molecule has 2 saturated carbocycles. The third-order valence-corrected chi connectivity index (χ3v) is 5.48. The fourth-order valence-corrected chi connectivity index (χ4v) is 4.50. The average molecular weight is 250 g/mol. The minimum atomic E-state index is 0.493. The molecule has 0 amide bonds. The molecule has 1 spiro atoms. The molecule has 1 heterocycles. The van der Waals surface area contributed by atoms with E-state index in [1.54, 1.807) is 0 Å². The van der Waals surface area contributed by atoms with E-state index >= 15 is 0 Å². The van der Waals surface area contributed by atoms with Crippen molar-refractivity contribution in [3.05, 3.63) is 0 Å². The van der Waals surface area contributed by atoms with Crippen LogP contribution in [0.3, 0.4) is 0 Å². The van der Waals surface area contributed by atoms with Gasteiger partial charge in [-0.05, 0) is 51.1 Å². The highest BCUT2D eigenvalue weighted by molar-refractivity contribution is 4.95. The molecule has 2 heteroatoms. The standard InChI is InChI=1S/C16H30N2/c1-4-9-16(10-5-1)14-18(12-6-11-17-16)13-15-7-2-3-8-15/h15,17H,1-14H2. The predicted octanol–water partition coefficient (Wildman–Crippen LogP) is 3.17. The van der Waals surface area contributed by atoms with Crippen molar-refractivity contribution >= 4 is 0 Å². The van der Waals surface area contributed by atoms with Gasteiger partial charge in [-0.2, -0.15) is 0 Å². The molecular weight excluding hydrogens is 220 g/mol. The van der Waals surface area contributed by atoms with Gasteiger partial charge in [-0.15, -0.1) is 0 Å². The van der Waals surface area contributed by atoms with E-state index in [1.807, 2.05) is 0 Å². The smallest absolute Gasteiger partial charge is 0.0308 e. The maximum Gasteiger partial charge on any atom is 0.0308 e. The summed E-state index contributed by atoms with van der Waals surface area (Å²) < 4.78 is 0. The first-order valence-electron chi connectivity index (χ1n) is 8.34. The van der Waals surface area contributed by atoms with Gasteiger partial charge in [0.15, 0.2) is 0 Å². The molecule has 3 aliphatic rings. The van der Waals surface area contributed by atoms with Crippen molar-refractivity contribution in [1.29, 1.82) is 0 Å². The topological polar surface area (TPSA) is 15.3 Å². The maximum absolute atomic E-state index is 3.91. The van der Waals surface area contributed by atoms with Crippen LogP contribution < -0.4 is 5.32 Å². The van der Waals surface area contributed by atoms with Gasteiger partial charge in [-0.25, -0.2) is 0 Å². The molecule has 18 heavy (non-hydrogen) atoms. The van der Waals surface area contributed by atoms with Crippen LogP contribution in [-0.4, -0.2) is 36.6 Å². The van der Waals surface area contributed by atoms with Crippen LogP contribution in [0.4, 0.5) is 0 Å². The highest BCUT2D eigenvalue weighted by atomic mass is 15.2. The normalized spacial score (nSPS) is 30.7. The average Bonchev–Trinajstić information content (AvgIpc) is 2.81. The molecule has 1 saturated heterocycles. The molecule has 2 nitrogen and oxygen atoms in total. The fraction of sp³-hybridized carbons (Fsp3) is 1.00. The second-order valence-corrected chi connectivity index (χ2v) is 7.01. The summed E-state index contributed by atoms with van der Waals surface area (Å²) in [7, 11) is 0. The van der Waals surface area contributed by atoms with Gasteiger partial charge in [0.1, 0.15) is 0 Å². The van der Waals surface area contributed by atoms with Gasteiger partial charge >= 0.3 is 0 Å². The molecule has 3 fully saturated rings. The SMILES string of the molecule is C1CCC2(CC1)CN(CC1CCCC1)CCCN2. The Kier molecular flexibility index (Phi) is 4.25. The minimum absolute atomic E-state index is 0.493. The van der Waals surface area contributed by atoms with Crippen LogP contribution in [0.15, 0.2) is 0 Å². The highest BCUT2D eigenvalue weighted by Gasteiger charge is 2.35. The maximum atomic E-state index is 3.91. The Labute approximate surface area is 113 Å². The number of hydrogen-bond donors (Lipinski definition) is 1. The van der Waals surface area contributed by atoms with Gasteiger partial charge in [-0.1, -0.05) is 32.1 Å². The molecule has 0 atom stereocenters. The minimum Gasteiger partial charge on any atom is -0.310 e. The zero-order valence-corrected chi connectivity index (χ0v) is 11.9. The van der Waals surface area contributed by atoms with Gasteiger partial charge in [0.25, 0.3) is 0 Å². The van der Waals surface area contributed by atoms with Crippen LogP contribution in [-0.2, 0) is 0 Å². The van der Waals surface area contributed by atoms with Crippen molar-refractivity contribution in [2.75, 3.05) is 26.2 Å². The van der Waals surface area contributed by atoms with Crippen LogP contribution in [0.5, 0.6) is 0 Å². The fourth-order valence-electron chi connectivity index (χ4n) is 4.50. The first-order valence-corrected chi connectivity index (χ1v) is 8.34. The van der Waals surface area contributed by atoms with Crippen LogP contribution in [0.2, 0.25) is 0 Å². The lowest BCUT2D eigenvalue weighted by Gasteiger charge is -2.40. The molecule has 0 radical (unpaired) electrons. The van der Waals surface area contributed by atoms with Crippen LogP contribution in [0.1, 0.15) is 64.2 Å². The molecule has 0 aromatic heterocycles. The number of nitrogens with one attached hydrogen (secondary N) is 1. The zero-order chi connectivity index (χ0) is 12.3. The quantitative estimate of drug-likeness (QED) is 0.810. The van der Waals surface area contributed by atoms with Gasteiger partial charge in [-0.3, -0.25) is 0 Å². The number of hydrogen-bond acceptors (Lipinski definition) is 2.